The molecule has 1 unspecified atom stereocenters. The number of hydrogen-bond donors (Lipinski definition) is 1. The van der Waals surface area contributed by atoms with E-state index in [2.05, 4.69) is 53.3 Å². The van der Waals surface area contributed by atoms with Gasteiger partial charge in [-0.2, -0.15) is 0 Å². The summed E-state index contributed by atoms with van der Waals surface area (Å²) in [6, 6.07) is 2.05. The summed E-state index contributed by atoms with van der Waals surface area (Å²) in [6.45, 7) is 9.67. The van der Waals surface area contributed by atoms with E-state index in [4.69, 9.17) is 0 Å². The summed E-state index contributed by atoms with van der Waals surface area (Å²) in [4.78, 5) is 17.0. The Kier molecular flexibility index (Phi) is 4.13. The number of hydrogen-bond acceptors (Lipinski definition) is 3. The third kappa shape index (κ3) is 2.61. The molecule has 0 spiro atoms. The molecule has 0 bridgehead atoms. The molecule has 1 amide bonds. The molecule has 0 fully saturated rings. The number of amides is 1. The van der Waals surface area contributed by atoms with Gasteiger partial charge in [-0.1, -0.05) is 13.8 Å². The molecule has 1 aliphatic heterocycles. The fraction of sp³-hybridized carbons (Fsp3) is 0.571. The number of carbonyl (C=O) groups excluding carboxylic acids is 1. The van der Waals surface area contributed by atoms with Gasteiger partial charge < -0.3 is 5.32 Å². The van der Waals surface area contributed by atoms with E-state index in [0.717, 1.165) is 23.6 Å². The van der Waals surface area contributed by atoms with E-state index in [1.54, 1.807) is 3.93 Å². The minimum Gasteiger partial charge on any atom is -0.370 e. The summed E-state index contributed by atoms with van der Waals surface area (Å²) in [6.07, 6.45) is 0. The lowest BCUT2D eigenvalue weighted by Crippen LogP contribution is -2.36. The Morgan fingerprint density at radius 1 is 1.58 bits per heavy atom. The van der Waals surface area contributed by atoms with E-state index in [1.165, 1.54) is 5.56 Å². The number of fused-ring (bicyclic) bond motifs is 1. The molecule has 19 heavy (non-hydrogen) atoms. The maximum atomic E-state index is 12.3. The number of aromatic nitrogens is 1. The highest BCUT2D eigenvalue weighted by Gasteiger charge is 2.36. The van der Waals surface area contributed by atoms with Crippen molar-refractivity contribution in [1.29, 1.82) is 0 Å². The molecule has 2 rings (SSSR count). The van der Waals surface area contributed by atoms with Crippen molar-refractivity contribution >= 4 is 27.9 Å². The van der Waals surface area contributed by atoms with Crippen LogP contribution in [0.25, 0.3) is 0 Å². The SMILES string of the molecule is CCNc1cc(C)c2c(n1)C(C(C)C)C(=O)N(Br)C2. The second-order valence-corrected chi connectivity index (χ2v) is 6.15. The molecular weight excluding hydrogens is 306 g/mol. The number of halogens is 1. The highest BCUT2D eigenvalue weighted by atomic mass is 79.9. The summed E-state index contributed by atoms with van der Waals surface area (Å²) in [5, 5.41) is 3.24. The summed E-state index contributed by atoms with van der Waals surface area (Å²) in [7, 11) is 0. The first-order chi connectivity index (χ1) is 8.95. The van der Waals surface area contributed by atoms with Crippen molar-refractivity contribution in [2.24, 2.45) is 5.92 Å². The Balaban J connectivity index is 2.55. The van der Waals surface area contributed by atoms with Gasteiger partial charge in [0.2, 0.25) is 5.91 Å². The molecule has 2 heterocycles. The Hall–Kier alpha value is -1.10. The largest absolute Gasteiger partial charge is 0.370 e. The van der Waals surface area contributed by atoms with E-state index in [9.17, 15) is 4.79 Å². The molecule has 1 aromatic heterocycles. The van der Waals surface area contributed by atoms with Crippen LogP contribution >= 0.6 is 16.1 Å². The standard InChI is InChI=1S/C14H20BrN3O/c1-5-16-11-6-9(4)10-7-18(15)14(19)12(8(2)3)13(10)17-11/h6,8,12H,5,7H2,1-4H3,(H,16,17). The quantitative estimate of drug-likeness (QED) is 0.868. The third-order valence-electron chi connectivity index (χ3n) is 3.50. The van der Waals surface area contributed by atoms with E-state index >= 15 is 0 Å². The Morgan fingerprint density at radius 2 is 2.26 bits per heavy atom. The average Bonchev–Trinajstić information content (AvgIpc) is 2.32. The number of aryl methyl sites for hydroxylation is 1. The van der Waals surface area contributed by atoms with Crippen LogP contribution in [0.5, 0.6) is 0 Å². The number of carbonyl (C=O) groups is 1. The molecule has 1 atom stereocenters. The molecule has 0 aliphatic carbocycles. The fourth-order valence-electron chi connectivity index (χ4n) is 2.54. The minimum absolute atomic E-state index is 0.100. The Morgan fingerprint density at radius 3 is 2.84 bits per heavy atom. The van der Waals surface area contributed by atoms with Crippen molar-refractivity contribution in [2.45, 2.75) is 40.2 Å². The fourth-order valence-corrected chi connectivity index (χ4v) is 3.02. The first-order valence-electron chi connectivity index (χ1n) is 6.67. The molecule has 1 aliphatic rings. The molecule has 1 aromatic rings. The van der Waals surface area contributed by atoms with Crippen LogP contribution in [0.15, 0.2) is 6.07 Å². The number of anilines is 1. The van der Waals surface area contributed by atoms with Gasteiger partial charge >= 0.3 is 0 Å². The van der Waals surface area contributed by atoms with Crippen molar-refractivity contribution in [3.8, 4) is 0 Å². The predicted molar refractivity (Wildman–Crippen MR) is 80.2 cm³/mol. The van der Waals surface area contributed by atoms with Gasteiger partial charge in [0, 0.05) is 6.54 Å². The van der Waals surface area contributed by atoms with Crippen LogP contribution in [-0.4, -0.2) is 21.4 Å². The van der Waals surface area contributed by atoms with E-state index in [-0.39, 0.29) is 17.7 Å². The molecule has 0 aromatic carbocycles. The molecule has 0 radical (unpaired) electrons. The van der Waals surface area contributed by atoms with Crippen molar-refractivity contribution in [3.05, 3.63) is 22.9 Å². The predicted octanol–water partition coefficient (Wildman–Crippen LogP) is 3.21. The molecular formula is C14H20BrN3O. The number of nitrogens with zero attached hydrogens (tertiary/aromatic N) is 2. The average molecular weight is 326 g/mol. The summed E-state index contributed by atoms with van der Waals surface area (Å²) >= 11 is 3.36. The van der Waals surface area contributed by atoms with Crippen LogP contribution in [0.1, 0.15) is 43.5 Å². The first kappa shape index (κ1) is 14.3. The van der Waals surface area contributed by atoms with Crippen LogP contribution in [-0.2, 0) is 11.3 Å². The summed E-state index contributed by atoms with van der Waals surface area (Å²) in [5.74, 6) is 1.03. The van der Waals surface area contributed by atoms with E-state index in [0.29, 0.717) is 6.54 Å². The maximum absolute atomic E-state index is 12.3. The molecule has 0 saturated heterocycles. The minimum atomic E-state index is -0.166. The van der Waals surface area contributed by atoms with Gasteiger partial charge in [0.1, 0.15) is 5.82 Å². The third-order valence-corrected chi connectivity index (χ3v) is 4.10. The zero-order valence-corrected chi connectivity index (χ0v) is 13.4. The second kappa shape index (κ2) is 5.49. The zero-order chi connectivity index (χ0) is 14.2. The molecule has 1 N–H and O–H groups in total. The van der Waals surface area contributed by atoms with Crippen molar-refractivity contribution in [2.75, 3.05) is 11.9 Å². The molecule has 0 saturated carbocycles. The monoisotopic (exact) mass is 325 g/mol. The topological polar surface area (TPSA) is 45.2 Å². The van der Waals surface area contributed by atoms with E-state index < -0.39 is 0 Å². The van der Waals surface area contributed by atoms with Gasteiger partial charge in [-0.15, -0.1) is 0 Å². The molecule has 104 valence electrons. The van der Waals surface area contributed by atoms with Crippen molar-refractivity contribution in [3.63, 3.8) is 0 Å². The highest BCUT2D eigenvalue weighted by Crippen LogP contribution is 2.37. The number of rotatable bonds is 3. The van der Waals surface area contributed by atoms with Gasteiger partial charge in [-0.25, -0.2) is 4.98 Å². The van der Waals surface area contributed by atoms with Crippen LogP contribution in [0.2, 0.25) is 0 Å². The van der Waals surface area contributed by atoms with Gasteiger partial charge in [0.15, 0.2) is 0 Å². The summed E-state index contributed by atoms with van der Waals surface area (Å²) in [5.41, 5.74) is 3.28. The smallest absolute Gasteiger partial charge is 0.242 e. The van der Waals surface area contributed by atoms with Gasteiger partial charge in [0.25, 0.3) is 0 Å². The Labute approximate surface area is 122 Å². The van der Waals surface area contributed by atoms with Crippen LogP contribution in [0, 0.1) is 12.8 Å². The normalized spacial score (nSPS) is 18.7. The van der Waals surface area contributed by atoms with Gasteiger partial charge in [-0.3, -0.25) is 8.72 Å². The lowest BCUT2D eigenvalue weighted by Gasteiger charge is -2.32. The molecule has 4 nitrogen and oxygen atoms in total. The van der Waals surface area contributed by atoms with E-state index in [1.807, 2.05) is 6.92 Å². The highest BCUT2D eigenvalue weighted by molar-refractivity contribution is 9.07. The van der Waals surface area contributed by atoms with Crippen LogP contribution < -0.4 is 5.32 Å². The van der Waals surface area contributed by atoms with Crippen LogP contribution in [0.4, 0.5) is 5.82 Å². The number of nitrogens with one attached hydrogen (secondary N) is 1. The summed E-state index contributed by atoms with van der Waals surface area (Å²) < 4.78 is 1.63. The lowest BCUT2D eigenvalue weighted by atomic mass is 9.85. The Bertz CT molecular complexity index is 502. The maximum Gasteiger partial charge on any atom is 0.242 e. The second-order valence-electron chi connectivity index (χ2n) is 5.30. The first-order valence-corrected chi connectivity index (χ1v) is 7.38. The van der Waals surface area contributed by atoms with Crippen LogP contribution in [0.3, 0.4) is 0 Å². The zero-order valence-electron chi connectivity index (χ0n) is 11.8. The molecule has 5 heteroatoms. The van der Waals surface area contributed by atoms with Crippen molar-refractivity contribution in [1.82, 2.24) is 8.91 Å². The lowest BCUT2D eigenvalue weighted by molar-refractivity contribution is -0.129. The van der Waals surface area contributed by atoms with Gasteiger partial charge in [0.05, 0.1) is 34.3 Å². The van der Waals surface area contributed by atoms with Gasteiger partial charge in [-0.05, 0) is 37.0 Å². The number of pyridine rings is 1. The van der Waals surface area contributed by atoms with Crippen molar-refractivity contribution < 1.29 is 4.79 Å².